The van der Waals surface area contributed by atoms with Gasteiger partial charge in [-0.15, -0.1) is 0 Å². The number of hydrogen-bond donors (Lipinski definition) is 1. The van der Waals surface area contributed by atoms with Gasteiger partial charge in [-0.1, -0.05) is 0 Å². The number of guanidine groups is 1. The molecule has 0 radical (unpaired) electrons. The van der Waals surface area contributed by atoms with Crippen molar-refractivity contribution >= 4 is 11.9 Å². The Morgan fingerprint density at radius 2 is 1.81 bits per heavy atom. The lowest BCUT2D eigenvalue weighted by molar-refractivity contribution is -0.129. The van der Waals surface area contributed by atoms with E-state index in [-0.39, 0.29) is 33.9 Å². The monoisotopic (exact) mass is 429 g/mol. The number of nitrogens with zero attached hydrogens (tertiary/aromatic N) is 4. The van der Waals surface area contributed by atoms with Crippen LogP contribution in [0, 0.1) is 17.6 Å². The molecular weight excluding hydrogens is 414 g/mol. The van der Waals surface area contributed by atoms with Crippen molar-refractivity contribution in [2.45, 2.75) is 12.2 Å². The molecule has 0 aliphatic carbocycles. The second kappa shape index (κ2) is 7.46. The van der Waals surface area contributed by atoms with E-state index < -0.39 is 35.7 Å². The molecule has 1 aliphatic heterocycles. The molecule has 1 aliphatic rings. The smallest absolute Gasteiger partial charge is 0.266 e. The van der Waals surface area contributed by atoms with Gasteiger partial charge in [0.05, 0.1) is 5.69 Å². The molecule has 0 spiro atoms. The van der Waals surface area contributed by atoms with Gasteiger partial charge in [0.15, 0.2) is 11.5 Å². The molecule has 0 bridgehead atoms. The molecule has 0 fully saturated rings. The van der Waals surface area contributed by atoms with E-state index in [1.807, 2.05) is 0 Å². The maximum absolute atomic E-state index is 15.1. The van der Waals surface area contributed by atoms with E-state index in [0.29, 0.717) is 6.07 Å². The van der Waals surface area contributed by atoms with Crippen molar-refractivity contribution < 1.29 is 22.4 Å². The lowest BCUT2D eigenvalue weighted by atomic mass is 9.81. The number of hydrogen-bond acceptors (Lipinski definition) is 5. The Morgan fingerprint density at radius 1 is 1.03 bits per heavy atom. The molecule has 1 unspecified atom stereocenters. The minimum Gasteiger partial charge on any atom is -0.369 e. The fourth-order valence-electron chi connectivity index (χ4n) is 3.56. The normalized spacial score (nSPS) is 18.4. The number of amides is 1. The van der Waals surface area contributed by atoms with Gasteiger partial charge >= 0.3 is 0 Å². The topological polar surface area (TPSA) is 84.5 Å². The highest BCUT2D eigenvalue weighted by molar-refractivity contribution is 6.09. The summed E-state index contributed by atoms with van der Waals surface area (Å²) in [7, 11) is 1.34. The zero-order valence-corrected chi connectivity index (χ0v) is 16.1. The molecule has 1 amide bonds. The highest BCUT2D eigenvalue weighted by Gasteiger charge is 2.51. The number of alkyl halides is 1. The van der Waals surface area contributed by atoms with Crippen LogP contribution in [0.2, 0.25) is 0 Å². The second-order valence-corrected chi connectivity index (χ2v) is 6.87. The fraction of sp³-hybridized carbons (Fsp3) is 0.143. The summed E-state index contributed by atoms with van der Waals surface area (Å²) in [6, 6.07) is 6.79. The number of pyridine rings is 2. The molecule has 3 aromatic rings. The van der Waals surface area contributed by atoms with Gasteiger partial charge < -0.3 is 5.73 Å². The Bertz CT molecular complexity index is 1230. The first-order chi connectivity index (χ1) is 14.8. The van der Waals surface area contributed by atoms with Crippen LogP contribution in [0.25, 0.3) is 11.1 Å². The summed E-state index contributed by atoms with van der Waals surface area (Å²) in [5.41, 5.74) is 2.90. The van der Waals surface area contributed by atoms with Crippen molar-refractivity contribution in [3.8, 4) is 11.1 Å². The third-order valence-corrected chi connectivity index (χ3v) is 5.11. The summed E-state index contributed by atoms with van der Waals surface area (Å²) < 4.78 is 57.2. The molecule has 158 valence electrons. The van der Waals surface area contributed by atoms with Crippen molar-refractivity contribution in [3.63, 3.8) is 0 Å². The number of halogens is 4. The Hall–Kier alpha value is -3.82. The number of rotatable bonds is 4. The van der Waals surface area contributed by atoms with Gasteiger partial charge in [0.25, 0.3) is 5.91 Å². The summed E-state index contributed by atoms with van der Waals surface area (Å²) in [6.45, 7) is -0.939. The predicted molar refractivity (Wildman–Crippen MR) is 104 cm³/mol. The average Bonchev–Trinajstić information content (AvgIpc) is 2.99. The molecule has 2 N–H and O–H groups in total. The number of nitrogens with two attached hydrogens (primary N) is 1. The molecule has 4 rings (SSSR count). The highest BCUT2D eigenvalue weighted by Crippen LogP contribution is 2.42. The van der Waals surface area contributed by atoms with Crippen LogP contribution < -0.4 is 5.73 Å². The Morgan fingerprint density at radius 3 is 2.45 bits per heavy atom. The summed E-state index contributed by atoms with van der Waals surface area (Å²) in [4.78, 5) is 25.8. The van der Waals surface area contributed by atoms with E-state index in [1.54, 1.807) is 0 Å². The third kappa shape index (κ3) is 3.11. The average molecular weight is 429 g/mol. The summed E-state index contributed by atoms with van der Waals surface area (Å²) in [6.07, 6.45) is 2.42. The zero-order chi connectivity index (χ0) is 22.3. The van der Waals surface area contributed by atoms with Crippen LogP contribution in [0.4, 0.5) is 17.6 Å². The van der Waals surface area contributed by atoms with Gasteiger partial charge in [-0.05, 0) is 35.9 Å². The first kappa shape index (κ1) is 20.5. The lowest BCUT2D eigenvalue weighted by Crippen LogP contribution is -2.41. The van der Waals surface area contributed by atoms with E-state index in [2.05, 4.69) is 15.0 Å². The van der Waals surface area contributed by atoms with Crippen molar-refractivity contribution in [2.24, 2.45) is 10.7 Å². The van der Waals surface area contributed by atoms with E-state index in [4.69, 9.17) is 5.73 Å². The van der Waals surface area contributed by atoms with Crippen molar-refractivity contribution in [1.82, 2.24) is 14.9 Å². The Kier molecular flexibility index (Phi) is 4.92. The van der Waals surface area contributed by atoms with Crippen LogP contribution in [0.5, 0.6) is 0 Å². The molecule has 10 heteroatoms. The van der Waals surface area contributed by atoms with Crippen LogP contribution in [0.3, 0.4) is 0 Å². The molecular formula is C21H15F4N5O. The van der Waals surface area contributed by atoms with E-state index in [9.17, 15) is 18.0 Å². The van der Waals surface area contributed by atoms with Crippen molar-refractivity contribution in [1.29, 1.82) is 0 Å². The minimum atomic E-state index is -2.07. The molecule has 0 saturated heterocycles. The fourth-order valence-corrected chi connectivity index (χ4v) is 3.56. The number of aromatic nitrogens is 2. The predicted octanol–water partition coefficient (Wildman–Crippen LogP) is 3.06. The first-order valence-corrected chi connectivity index (χ1v) is 9.05. The van der Waals surface area contributed by atoms with E-state index >= 15 is 4.39 Å². The molecule has 6 nitrogen and oxygen atoms in total. The third-order valence-electron chi connectivity index (χ3n) is 5.11. The Labute approximate surface area is 174 Å². The van der Waals surface area contributed by atoms with Gasteiger partial charge in [-0.2, -0.15) is 4.39 Å². The summed E-state index contributed by atoms with van der Waals surface area (Å²) in [5.74, 6) is -4.11. The summed E-state index contributed by atoms with van der Waals surface area (Å²) >= 11 is 0. The summed E-state index contributed by atoms with van der Waals surface area (Å²) in [5, 5.41) is 0. The Balaban J connectivity index is 2.05. The second-order valence-electron chi connectivity index (χ2n) is 6.87. The largest absolute Gasteiger partial charge is 0.369 e. The highest BCUT2D eigenvalue weighted by atomic mass is 19.1. The molecule has 0 saturated carbocycles. The van der Waals surface area contributed by atoms with Crippen molar-refractivity contribution in [2.75, 3.05) is 7.05 Å². The lowest BCUT2D eigenvalue weighted by Gasteiger charge is -2.27. The van der Waals surface area contributed by atoms with Gasteiger partial charge in [-0.25, -0.2) is 23.1 Å². The van der Waals surface area contributed by atoms with Gasteiger partial charge in [-0.3, -0.25) is 14.7 Å². The molecule has 1 aromatic carbocycles. The molecule has 1 atom stereocenters. The number of likely N-dealkylation sites (N-methyl/N-ethyl adjacent to an activating group) is 1. The standard InChI is InChI=1S/C21H15F4N5O/c1-30-19(31)21(29-20(30)26,11-4-6-27-12(7-11)10-22)15-8-14(16(23)9-17(15)24)13-3-2-5-28-18(13)25/h2-9H,10H2,1H3,(H2,26,29). The van der Waals surface area contributed by atoms with Gasteiger partial charge in [0.2, 0.25) is 5.95 Å². The van der Waals surface area contributed by atoms with Crippen molar-refractivity contribution in [3.05, 3.63) is 83.2 Å². The number of aliphatic imine (C=N–C) groups is 1. The van der Waals surface area contributed by atoms with Crippen LogP contribution in [-0.4, -0.2) is 33.8 Å². The number of carbonyl (C=O) groups is 1. The van der Waals surface area contributed by atoms with Gasteiger partial charge in [0, 0.05) is 42.2 Å². The quantitative estimate of drug-likeness (QED) is 0.510. The molecule has 3 heterocycles. The van der Waals surface area contributed by atoms with Crippen LogP contribution in [0.15, 0.2) is 53.8 Å². The van der Waals surface area contributed by atoms with Gasteiger partial charge in [0.1, 0.15) is 18.3 Å². The maximum atomic E-state index is 15.1. The molecule has 2 aromatic heterocycles. The maximum Gasteiger partial charge on any atom is 0.266 e. The number of carbonyl (C=O) groups excluding carboxylic acids is 1. The van der Waals surface area contributed by atoms with Crippen LogP contribution in [-0.2, 0) is 17.0 Å². The van der Waals surface area contributed by atoms with Crippen LogP contribution in [0.1, 0.15) is 16.8 Å². The van der Waals surface area contributed by atoms with Crippen LogP contribution >= 0.6 is 0 Å². The molecule has 31 heavy (non-hydrogen) atoms. The minimum absolute atomic E-state index is 0.0194. The van der Waals surface area contributed by atoms with E-state index in [1.165, 1.54) is 43.7 Å². The number of benzene rings is 1. The zero-order valence-electron chi connectivity index (χ0n) is 16.1. The SMILES string of the molecule is CN1C(=O)C(c2ccnc(CF)c2)(c2cc(-c3cccnc3F)c(F)cc2F)N=C1N. The first-order valence-electron chi connectivity index (χ1n) is 9.05. The van der Waals surface area contributed by atoms with E-state index in [0.717, 1.165) is 11.0 Å².